The minimum atomic E-state index is -0.469. The minimum absolute atomic E-state index is 0.0102. The van der Waals surface area contributed by atoms with Crippen molar-refractivity contribution < 1.29 is 10.0 Å². The lowest BCUT2D eigenvalue weighted by atomic mass is 10.1. The van der Waals surface area contributed by atoms with Gasteiger partial charge in [-0.1, -0.05) is 41.9 Å². The molecule has 0 heterocycles. The topological polar surface area (TPSA) is 75.4 Å². The van der Waals surface area contributed by atoms with Crippen molar-refractivity contribution >= 4 is 23.0 Å². The molecule has 0 atom stereocenters. The van der Waals surface area contributed by atoms with Gasteiger partial charge in [0.05, 0.1) is 16.6 Å². The second-order valence-electron chi connectivity index (χ2n) is 4.22. The molecule has 0 saturated heterocycles. The maximum absolute atomic E-state index is 10.9. The number of nitrogens with one attached hydrogen (secondary N) is 1. The average Bonchev–Trinajstić information content (AvgIpc) is 2.46. The molecule has 20 heavy (non-hydrogen) atoms. The van der Waals surface area contributed by atoms with Crippen LogP contribution in [0.3, 0.4) is 0 Å². The summed E-state index contributed by atoms with van der Waals surface area (Å²) >= 11 is 5.99. The number of nitro groups is 1. The highest BCUT2D eigenvalue weighted by Gasteiger charge is 2.15. The molecule has 0 saturated carbocycles. The van der Waals surface area contributed by atoms with Gasteiger partial charge in [0.2, 0.25) is 0 Å². The van der Waals surface area contributed by atoms with Gasteiger partial charge in [0.15, 0.2) is 0 Å². The van der Waals surface area contributed by atoms with E-state index < -0.39 is 4.92 Å². The van der Waals surface area contributed by atoms with E-state index in [2.05, 4.69) is 5.32 Å². The summed E-state index contributed by atoms with van der Waals surface area (Å²) in [5, 5.41) is 23.2. The Kier molecular flexibility index (Phi) is 4.55. The second kappa shape index (κ2) is 6.36. The molecule has 6 heteroatoms. The van der Waals surface area contributed by atoms with Crippen molar-refractivity contribution in [2.24, 2.45) is 0 Å². The smallest absolute Gasteiger partial charge is 0.293 e. The van der Waals surface area contributed by atoms with Crippen LogP contribution in [0.25, 0.3) is 0 Å². The number of hydrogen-bond acceptors (Lipinski definition) is 4. The molecule has 2 aromatic rings. The predicted octanol–water partition coefficient (Wildman–Crippen LogP) is 3.35. The van der Waals surface area contributed by atoms with Crippen LogP contribution >= 0.6 is 11.6 Å². The summed E-state index contributed by atoms with van der Waals surface area (Å²) < 4.78 is 0. The maximum Gasteiger partial charge on any atom is 0.293 e. The number of nitrogens with zero attached hydrogens (tertiary/aromatic N) is 1. The summed E-state index contributed by atoms with van der Waals surface area (Å²) in [4.78, 5) is 10.5. The third-order valence-corrected chi connectivity index (χ3v) is 3.18. The predicted molar refractivity (Wildman–Crippen MR) is 77.8 cm³/mol. The number of benzene rings is 2. The first-order valence-corrected chi connectivity index (χ1v) is 6.35. The molecule has 0 unspecified atom stereocenters. The lowest BCUT2D eigenvalue weighted by Crippen LogP contribution is -2.03. The summed E-state index contributed by atoms with van der Waals surface area (Å²) in [7, 11) is 0. The van der Waals surface area contributed by atoms with Gasteiger partial charge >= 0.3 is 0 Å². The van der Waals surface area contributed by atoms with Crippen molar-refractivity contribution in [3.05, 3.63) is 68.7 Å². The Balaban J connectivity index is 2.16. The van der Waals surface area contributed by atoms with Crippen LogP contribution in [0.5, 0.6) is 0 Å². The van der Waals surface area contributed by atoms with E-state index in [1.54, 1.807) is 24.3 Å². The van der Waals surface area contributed by atoms with E-state index in [1.165, 1.54) is 6.07 Å². The molecular formula is C14H13ClN2O3. The second-order valence-corrected chi connectivity index (χ2v) is 4.63. The van der Waals surface area contributed by atoms with Gasteiger partial charge in [0.1, 0.15) is 5.69 Å². The van der Waals surface area contributed by atoms with Gasteiger partial charge in [-0.25, -0.2) is 0 Å². The quantitative estimate of drug-likeness (QED) is 0.654. The highest BCUT2D eigenvalue weighted by atomic mass is 35.5. The third-order valence-electron chi connectivity index (χ3n) is 2.86. The van der Waals surface area contributed by atoms with E-state index in [-0.39, 0.29) is 12.3 Å². The molecule has 0 aliphatic rings. The molecule has 104 valence electrons. The Morgan fingerprint density at radius 1 is 1.15 bits per heavy atom. The highest BCUT2D eigenvalue weighted by Crippen LogP contribution is 2.32. The molecular weight excluding hydrogens is 280 g/mol. The summed E-state index contributed by atoms with van der Waals surface area (Å²) in [6.07, 6.45) is 0. The first kappa shape index (κ1) is 14.3. The maximum atomic E-state index is 10.9. The summed E-state index contributed by atoms with van der Waals surface area (Å²) in [6, 6.07) is 11.9. The standard InChI is InChI=1S/C14H13ClN2O3/c15-12-2-1-3-13(17(19)20)14(12)16-8-10-4-6-11(9-18)7-5-10/h1-7,16,18H,8-9H2. The summed E-state index contributed by atoms with van der Waals surface area (Å²) in [5.74, 6) is 0. The van der Waals surface area contributed by atoms with Crippen LogP contribution in [0, 0.1) is 10.1 Å². The third kappa shape index (κ3) is 3.26. The van der Waals surface area contributed by atoms with Crippen molar-refractivity contribution in [1.82, 2.24) is 0 Å². The van der Waals surface area contributed by atoms with Crippen LogP contribution in [0.1, 0.15) is 11.1 Å². The average molecular weight is 293 g/mol. The number of rotatable bonds is 5. The van der Waals surface area contributed by atoms with Gasteiger partial charge in [-0.2, -0.15) is 0 Å². The van der Waals surface area contributed by atoms with E-state index in [9.17, 15) is 10.1 Å². The zero-order valence-corrected chi connectivity index (χ0v) is 11.3. The van der Waals surface area contributed by atoms with Crippen LogP contribution in [0.15, 0.2) is 42.5 Å². The van der Waals surface area contributed by atoms with Gasteiger partial charge in [0, 0.05) is 12.6 Å². The SMILES string of the molecule is O=[N+]([O-])c1cccc(Cl)c1NCc1ccc(CO)cc1. The normalized spacial score (nSPS) is 10.3. The molecule has 0 radical (unpaired) electrons. The number of halogens is 1. The molecule has 0 amide bonds. The Hall–Kier alpha value is -2.11. The molecule has 2 aromatic carbocycles. The first-order chi connectivity index (χ1) is 9.61. The van der Waals surface area contributed by atoms with Crippen molar-refractivity contribution in [1.29, 1.82) is 0 Å². The zero-order chi connectivity index (χ0) is 14.5. The van der Waals surface area contributed by atoms with E-state index in [4.69, 9.17) is 16.7 Å². The van der Waals surface area contributed by atoms with Crippen molar-refractivity contribution in [3.8, 4) is 0 Å². The lowest BCUT2D eigenvalue weighted by Gasteiger charge is -2.09. The number of aliphatic hydroxyl groups excluding tert-OH is 1. The molecule has 2 N–H and O–H groups in total. The Morgan fingerprint density at radius 3 is 2.40 bits per heavy atom. The zero-order valence-electron chi connectivity index (χ0n) is 10.5. The highest BCUT2D eigenvalue weighted by molar-refractivity contribution is 6.33. The number of para-hydroxylation sites is 1. The van der Waals surface area contributed by atoms with Crippen LogP contribution in [0.4, 0.5) is 11.4 Å². The van der Waals surface area contributed by atoms with E-state index in [1.807, 2.05) is 12.1 Å². The van der Waals surface area contributed by atoms with Gasteiger partial charge in [-0.3, -0.25) is 10.1 Å². The van der Waals surface area contributed by atoms with Crippen molar-refractivity contribution in [3.63, 3.8) is 0 Å². The molecule has 0 aliphatic carbocycles. The Morgan fingerprint density at radius 2 is 1.80 bits per heavy atom. The molecule has 0 aliphatic heterocycles. The minimum Gasteiger partial charge on any atom is -0.392 e. The van der Waals surface area contributed by atoms with Crippen molar-refractivity contribution in [2.45, 2.75) is 13.2 Å². The number of hydrogen-bond donors (Lipinski definition) is 2. The van der Waals surface area contributed by atoms with E-state index >= 15 is 0 Å². The van der Waals surface area contributed by atoms with Crippen molar-refractivity contribution in [2.75, 3.05) is 5.32 Å². The monoisotopic (exact) mass is 292 g/mol. The fourth-order valence-corrected chi connectivity index (χ4v) is 2.03. The number of aliphatic hydroxyl groups is 1. The van der Waals surface area contributed by atoms with E-state index in [0.717, 1.165) is 11.1 Å². The van der Waals surface area contributed by atoms with Crippen LogP contribution in [-0.2, 0) is 13.2 Å². The summed E-state index contributed by atoms with van der Waals surface area (Å²) in [6.45, 7) is 0.403. The molecule has 2 rings (SSSR count). The van der Waals surface area contributed by atoms with Gasteiger partial charge in [-0.15, -0.1) is 0 Å². The Labute approximate surface area is 121 Å². The molecule has 0 aromatic heterocycles. The fourth-order valence-electron chi connectivity index (χ4n) is 1.79. The van der Waals surface area contributed by atoms with Crippen LogP contribution in [-0.4, -0.2) is 10.0 Å². The first-order valence-electron chi connectivity index (χ1n) is 5.97. The van der Waals surface area contributed by atoms with Crippen LogP contribution in [0.2, 0.25) is 5.02 Å². The van der Waals surface area contributed by atoms with Crippen LogP contribution < -0.4 is 5.32 Å². The lowest BCUT2D eigenvalue weighted by molar-refractivity contribution is -0.383. The number of anilines is 1. The van der Waals surface area contributed by atoms with E-state index in [0.29, 0.717) is 17.3 Å². The molecule has 0 spiro atoms. The Bertz CT molecular complexity index is 614. The van der Waals surface area contributed by atoms with Gasteiger partial charge in [0.25, 0.3) is 5.69 Å². The number of nitro benzene ring substituents is 1. The summed E-state index contributed by atoms with van der Waals surface area (Å²) in [5.41, 5.74) is 2.02. The largest absolute Gasteiger partial charge is 0.392 e. The molecule has 0 bridgehead atoms. The fraction of sp³-hybridized carbons (Fsp3) is 0.143. The van der Waals surface area contributed by atoms with Gasteiger partial charge in [-0.05, 0) is 17.2 Å². The van der Waals surface area contributed by atoms with Gasteiger partial charge < -0.3 is 10.4 Å². The molecule has 0 fully saturated rings. The molecule has 5 nitrogen and oxygen atoms in total.